The Morgan fingerprint density at radius 2 is 1.97 bits per heavy atom. The van der Waals surface area contributed by atoms with Gasteiger partial charge in [-0.15, -0.1) is 0 Å². The number of aromatic nitrogens is 4. The first-order valence-electron chi connectivity index (χ1n) is 12.1. The second kappa shape index (κ2) is 9.47. The number of fused-ring (bicyclic) bond motifs is 1. The second-order valence-corrected chi connectivity index (χ2v) is 10.1. The van der Waals surface area contributed by atoms with E-state index in [0.717, 1.165) is 23.2 Å². The van der Waals surface area contributed by atoms with Crippen LogP contribution in [-0.2, 0) is 17.8 Å². The van der Waals surface area contributed by atoms with Crippen LogP contribution in [0.5, 0.6) is 0 Å². The van der Waals surface area contributed by atoms with Gasteiger partial charge in [0.2, 0.25) is 0 Å². The topological polar surface area (TPSA) is 109 Å². The summed E-state index contributed by atoms with van der Waals surface area (Å²) < 4.78 is 20.6. The smallest absolute Gasteiger partial charge is 0.410 e. The van der Waals surface area contributed by atoms with Crippen LogP contribution in [0.15, 0.2) is 42.9 Å². The van der Waals surface area contributed by atoms with Crippen molar-refractivity contribution in [2.45, 2.75) is 65.0 Å². The molecule has 3 atom stereocenters. The average Bonchev–Trinajstić information content (AvgIpc) is 3.53. The first kappa shape index (κ1) is 24.1. The van der Waals surface area contributed by atoms with Gasteiger partial charge in [0.1, 0.15) is 23.6 Å². The van der Waals surface area contributed by atoms with Gasteiger partial charge in [0, 0.05) is 17.5 Å². The molecular formula is C25H31FN8O2. The van der Waals surface area contributed by atoms with E-state index in [-0.39, 0.29) is 30.0 Å². The molecule has 3 aromatic rings. The fourth-order valence-electron chi connectivity index (χ4n) is 4.71. The summed E-state index contributed by atoms with van der Waals surface area (Å²) >= 11 is 0. The van der Waals surface area contributed by atoms with Crippen molar-refractivity contribution in [2.75, 3.05) is 5.32 Å². The Kier molecular flexibility index (Phi) is 6.35. The molecule has 36 heavy (non-hydrogen) atoms. The van der Waals surface area contributed by atoms with E-state index in [4.69, 9.17) is 4.74 Å². The summed E-state index contributed by atoms with van der Waals surface area (Å²) in [7, 11) is 0. The molecule has 190 valence electrons. The molecule has 0 bridgehead atoms. The molecule has 0 aliphatic carbocycles. The number of ether oxygens (including phenoxy) is 1. The first-order chi connectivity index (χ1) is 17.2. The zero-order valence-corrected chi connectivity index (χ0v) is 20.8. The summed E-state index contributed by atoms with van der Waals surface area (Å²) in [4.78, 5) is 23.0. The number of nitrogens with zero attached hydrogens (tertiary/aromatic N) is 5. The van der Waals surface area contributed by atoms with E-state index >= 15 is 0 Å². The third-order valence-corrected chi connectivity index (χ3v) is 6.43. The molecule has 2 aliphatic rings. The monoisotopic (exact) mass is 494 g/mol. The van der Waals surface area contributed by atoms with Crippen molar-refractivity contribution < 1.29 is 13.9 Å². The Labute approximate surface area is 209 Å². The summed E-state index contributed by atoms with van der Waals surface area (Å²) in [6.45, 7) is 8.52. The van der Waals surface area contributed by atoms with Crippen LogP contribution in [-0.4, -0.2) is 42.5 Å². The molecule has 11 heteroatoms. The van der Waals surface area contributed by atoms with Crippen LogP contribution < -0.4 is 16.2 Å². The van der Waals surface area contributed by atoms with E-state index in [0.29, 0.717) is 24.7 Å². The number of anilines is 1. The zero-order valence-electron chi connectivity index (χ0n) is 20.8. The SMILES string of the molecule is CCC1C(Nc2cc(-n3ncc4c3CN(C(=O)OC(C)(C)C)C4)ncn2)NNC1c1ccc(F)cc1. The lowest BCUT2D eigenvalue weighted by Crippen LogP contribution is -2.38. The minimum absolute atomic E-state index is 0.0302. The van der Waals surface area contributed by atoms with Gasteiger partial charge in [0.25, 0.3) is 0 Å². The quantitative estimate of drug-likeness (QED) is 0.493. The Morgan fingerprint density at radius 3 is 2.69 bits per heavy atom. The number of carbonyl (C=O) groups excluding carboxylic acids is 1. The highest BCUT2D eigenvalue weighted by molar-refractivity contribution is 5.69. The van der Waals surface area contributed by atoms with Crippen molar-refractivity contribution in [1.29, 1.82) is 0 Å². The maximum Gasteiger partial charge on any atom is 0.410 e. The minimum atomic E-state index is -0.555. The summed E-state index contributed by atoms with van der Waals surface area (Å²) in [5.41, 5.74) is 8.95. The normalized spacial score (nSPS) is 21.5. The van der Waals surface area contributed by atoms with E-state index in [1.54, 1.807) is 27.9 Å². The van der Waals surface area contributed by atoms with Crippen LogP contribution in [0.4, 0.5) is 15.0 Å². The van der Waals surface area contributed by atoms with Crippen LogP contribution in [0.25, 0.3) is 5.82 Å². The van der Waals surface area contributed by atoms with E-state index in [9.17, 15) is 9.18 Å². The lowest BCUT2D eigenvalue weighted by molar-refractivity contribution is 0.0239. The van der Waals surface area contributed by atoms with Gasteiger partial charge in [-0.2, -0.15) is 5.10 Å². The van der Waals surface area contributed by atoms with Crippen LogP contribution in [0.3, 0.4) is 0 Å². The average molecular weight is 495 g/mol. The van der Waals surface area contributed by atoms with E-state index < -0.39 is 5.60 Å². The summed E-state index contributed by atoms with van der Waals surface area (Å²) in [5, 5.41) is 7.95. The summed E-state index contributed by atoms with van der Waals surface area (Å²) in [6.07, 6.45) is 3.70. The molecule has 0 radical (unpaired) electrons. The number of carbonyl (C=O) groups is 1. The van der Waals surface area contributed by atoms with Crippen molar-refractivity contribution in [3.8, 4) is 5.82 Å². The zero-order chi connectivity index (χ0) is 25.4. The minimum Gasteiger partial charge on any atom is -0.444 e. The van der Waals surface area contributed by atoms with Gasteiger partial charge in [-0.3, -0.25) is 4.90 Å². The fraction of sp³-hybridized carbons (Fsp3) is 0.440. The number of amides is 1. The number of halogens is 1. The predicted octanol–water partition coefficient (Wildman–Crippen LogP) is 3.67. The molecule has 1 aromatic carbocycles. The lowest BCUT2D eigenvalue weighted by atomic mass is 9.90. The molecule has 1 fully saturated rings. The summed E-state index contributed by atoms with van der Waals surface area (Å²) in [5.74, 6) is 1.20. The molecular weight excluding hydrogens is 463 g/mol. The Balaban J connectivity index is 1.30. The van der Waals surface area contributed by atoms with Crippen molar-refractivity contribution >= 4 is 11.9 Å². The third-order valence-electron chi connectivity index (χ3n) is 6.43. The molecule has 0 spiro atoms. The fourth-order valence-corrected chi connectivity index (χ4v) is 4.71. The molecule has 2 aliphatic heterocycles. The lowest BCUT2D eigenvalue weighted by Gasteiger charge is -2.24. The molecule has 5 rings (SSSR count). The predicted molar refractivity (Wildman–Crippen MR) is 131 cm³/mol. The van der Waals surface area contributed by atoms with Gasteiger partial charge in [0.05, 0.1) is 37.2 Å². The van der Waals surface area contributed by atoms with Crippen LogP contribution in [0, 0.1) is 11.7 Å². The standard InChI is InChI=1S/C25H31FN8O2/c1-5-18-22(15-6-8-17(26)9-7-15)31-32-23(18)30-20-10-21(28-14-27-20)34-19-13-33(12-16(19)11-29-34)24(35)36-25(2,3)4/h6-11,14,18,22-23,31-32H,5,12-13H2,1-4H3,(H,27,28,30). The number of nitrogens with one attached hydrogen (secondary N) is 3. The second-order valence-electron chi connectivity index (χ2n) is 10.1. The maximum atomic E-state index is 13.4. The maximum absolute atomic E-state index is 13.4. The van der Waals surface area contributed by atoms with Crippen molar-refractivity contribution in [1.82, 2.24) is 35.5 Å². The van der Waals surface area contributed by atoms with E-state index in [1.165, 1.54) is 18.5 Å². The van der Waals surface area contributed by atoms with Gasteiger partial charge in [-0.05, 0) is 44.9 Å². The van der Waals surface area contributed by atoms with Gasteiger partial charge >= 0.3 is 6.09 Å². The highest BCUT2D eigenvalue weighted by atomic mass is 19.1. The number of rotatable bonds is 5. The third kappa shape index (κ3) is 4.89. The van der Waals surface area contributed by atoms with Crippen LogP contribution in [0.2, 0.25) is 0 Å². The molecule has 3 N–H and O–H groups in total. The molecule has 1 saturated heterocycles. The van der Waals surface area contributed by atoms with Crippen molar-refractivity contribution in [2.24, 2.45) is 5.92 Å². The summed E-state index contributed by atoms with van der Waals surface area (Å²) in [6, 6.07) is 8.44. The Morgan fingerprint density at radius 1 is 1.19 bits per heavy atom. The van der Waals surface area contributed by atoms with Gasteiger partial charge in [-0.1, -0.05) is 19.1 Å². The highest BCUT2D eigenvalue weighted by Crippen LogP contribution is 2.32. The van der Waals surface area contributed by atoms with Crippen LogP contribution in [0.1, 0.15) is 57.0 Å². The number of benzene rings is 1. The van der Waals surface area contributed by atoms with Crippen molar-refractivity contribution in [3.63, 3.8) is 0 Å². The first-order valence-corrected chi connectivity index (χ1v) is 12.1. The van der Waals surface area contributed by atoms with Gasteiger partial charge < -0.3 is 10.1 Å². The molecule has 10 nitrogen and oxygen atoms in total. The highest BCUT2D eigenvalue weighted by Gasteiger charge is 2.36. The Hall–Kier alpha value is -3.57. The molecule has 2 aromatic heterocycles. The van der Waals surface area contributed by atoms with Crippen molar-refractivity contribution in [3.05, 3.63) is 65.5 Å². The Bertz CT molecular complexity index is 1240. The molecule has 1 amide bonds. The molecule has 4 heterocycles. The van der Waals surface area contributed by atoms with Gasteiger partial charge in [0.15, 0.2) is 5.82 Å². The van der Waals surface area contributed by atoms with E-state index in [1.807, 2.05) is 26.8 Å². The number of hydrogen-bond donors (Lipinski definition) is 3. The number of hydrazine groups is 1. The molecule has 0 saturated carbocycles. The van der Waals surface area contributed by atoms with Gasteiger partial charge in [-0.25, -0.2) is 34.7 Å². The van der Waals surface area contributed by atoms with Crippen LogP contribution >= 0.6 is 0 Å². The van der Waals surface area contributed by atoms with E-state index in [2.05, 4.69) is 38.2 Å². The largest absolute Gasteiger partial charge is 0.444 e. The molecule has 3 unspecified atom stereocenters. The number of hydrogen-bond acceptors (Lipinski definition) is 8.